The second-order valence-electron chi connectivity index (χ2n) is 6.00. The van der Waals surface area contributed by atoms with E-state index < -0.39 is 0 Å². The first-order valence-corrected chi connectivity index (χ1v) is 7.98. The first kappa shape index (κ1) is 14.5. The third kappa shape index (κ3) is 2.65. The maximum absolute atomic E-state index is 4.85. The molecule has 0 atom stereocenters. The van der Waals surface area contributed by atoms with Gasteiger partial charge in [0.15, 0.2) is 5.95 Å². The van der Waals surface area contributed by atoms with Crippen molar-refractivity contribution in [2.45, 2.75) is 20.4 Å². The highest BCUT2D eigenvalue weighted by Crippen LogP contribution is 2.26. The number of rotatable bonds is 4. The van der Waals surface area contributed by atoms with E-state index in [1.54, 1.807) is 6.20 Å². The van der Waals surface area contributed by atoms with Gasteiger partial charge in [-0.1, -0.05) is 35.9 Å². The molecule has 4 aromatic rings. The first-order chi connectivity index (χ1) is 11.7. The van der Waals surface area contributed by atoms with Crippen LogP contribution in [0.15, 0.2) is 55.0 Å². The fourth-order valence-corrected chi connectivity index (χ4v) is 2.84. The molecular formula is C19H19N5. The summed E-state index contributed by atoms with van der Waals surface area (Å²) in [5, 5.41) is 3.33. The van der Waals surface area contributed by atoms with Crippen molar-refractivity contribution in [3.63, 3.8) is 0 Å². The minimum absolute atomic E-state index is 0.640. The van der Waals surface area contributed by atoms with Gasteiger partial charge in [-0.3, -0.25) is 0 Å². The van der Waals surface area contributed by atoms with Crippen LogP contribution < -0.4 is 5.32 Å². The summed E-state index contributed by atoms with van der Waals surface area (Å²) in [7, 11) is 0. The van der Waals surface area contributed by atoms with Crippen molar-refractivity contribution in [3.05, 3.63) is 71.8 Å². The Bertz CT molecular complexity index is 965. The molecule has 1 aromatic carbocycles. The molecule has 0 radical (unpaired) electrons. The number of imidazole rings is 2. The summed E-state index contributed by atoms with van der Waals surface area (Å²) in [6, 6.07) is 12.6. The molecule has 4 rings (SSSR count). The molecule has 5 nitrogen and oxygen atoms in total. The number of fused-ring (bicyclic) bond motifs is 1. The van der Waals surface area contributed by atoms with Crippen LogP contribution >= 0.6 is 0 Å². The lowest BCUT2D eigenvalue weighted by Gasteiger charge is -2.07. The van der Waals surface area contributed by atoms with Gasteiger partial charge in [0.25, 0.3) is 0 Å². The fourth-order valence-electron chi connectivity index (χ4n) is 2.84. The van der Waals surface area contributed by atoms with Gasteiger partial charge in [-0.2, -0.15) is 0 Å². The highest BCUT2D eigenvalue weighted by atomic mass is 15.1. The Morgan fingerprint density at radius 2 is 1.83 bits per heavy atom. The summed E-state index contributed by atoms with van der Waals surface area (Å²) in [6.07, 6.45) is 5.67. The summed E-state index contributed by atoms with van der Waals surface area (Å²) >= 11 is 0. The number of aromatic nitrogens is 4. The summed E-state index contributed by atoms with van der Waals surface area (Å²) < 4.78 is 2.15. The zero-order valence-corrected chi connectivity index (χ0v) is 13.7. The minimum Gasteiger partial charge on any atom is -0.350 e. The fraction of sp³-hybridized carbons (Fsp3) is 0.158. The topological polar surface area (TPSA) is 58.0 Å². The normalized spacial score (nSPS) is 11.1. The van der Waals surface area contributed by atoms with E-state index in [4.69, 9.17) is 4.98 Å². The van der Waals surface area contributed by atoms with E-state index >= 15 is 0 Å². The number of aromatic amines is 1. The molecule has 5 heteroatoms. The Morgan fingerprint density at radius 1 is 1.04 bits per heavy atom. The second kappa shape index (κ2) is 5.85. The zero-order valence-electron chi connectivity index (χ0n) is 13.7. The third-order valence-electron chi connectivity index (χ3n) is 4.11. The van der Waals surface area contributed by atoms with Crippen LogP contribution in [-0.4, -0.2) is 19.4 Å². The van der Waals surface area contributed by atoms with Crippen LogP contribution in [-0.2, 0) is 6.54 Å². The minimum atomic E-state index is 0.640. The molecule has 24 heavy (non-hydrogen) atoms. The van der Waals surface area contributed by atoms with Gasteiger partial charge in [0.1, 0.15) is 5.65 Å². The van der Waals surface area contributed by atoms with E-state index in [0.29, 0.717) is 6.54 Å². The number of H-pyrrole nitrogens is 1. The maximum Gasteiger partial charge on any atom is 0.200 e. The van der Waals surface area contributed by atoms with Crippen molar-refractivity contribution in [2.75, 3.05) is 5.32 Å². The van der Waals surface area contributed by atoms with E-state index in [9.17, 15) is 0 Å². The van der Waals surface area contributed by atoms with E-state index in [1.165, 1.54) is 11.1 Å². The molecule has 2 N–H and O–H groups in total. The van der Waals surface area contributed by atoms with Crippen molar-refractivity contribution in [1.29, 1.82) is 0 Å². The van der Waals surface area contributed by atoms with Crippen molar-refractivity contribution in [1.82, 2.24) is 19.4 Å². The molecule has 0 saturated carbocycles. The van der Waals surface area contributed by atoms with Gasteiger partial charge in [-0.15, -0.1) is 0 Å². The Labute approximate surface area is 140 Å². The van der Waals surface area contributed by atoms with Crippen LogP contribution in [0.25, 0.3) is 16.9 Å². The largest absolute Gasteiger partial charge is 0.350 e. The molecule has 0 spiro atoms. The van der Waals surface area contributed by atoms with Gasteiger partial charge < -0.3 is 14.7 Å². The van der Waals surface area contributed by atoms with Gasteiger partial charge >= 0.3 is 0 Å². The van der Waals surface area contributed by atoms with Crippen LogP contribution in [0, 0.1) is 13.8 Å². The molecule has 120 valence electrons. The van der Waals surface area contributed by atoms with Gasteiger partial charge in [0.2, 0.25) is 0 Å². The third-order valence-corrected chi connectivity index (χ3v) is 4.11. The number of anilines is 1. The van der Waals surface area contributed by atoms with E-state index in [2.05, 4.69) is 76.1 Å². The number of hydrogen-bond donors (Lipinski definition) is 2. The SMILES string of the molecule is Cc1ccc(-c2nc3ccc(C)cn3c2CNc2ncc[nH]2)cc1. The number of aryl methyl sites for hydroxylation is 2. The molecule has 0 aliphatic heterocycles. The molecule has 0 aliphatic carbocycles. The molecule has 0 amide bonds. The van der Waals surface area contributed by atoms with Crippen molar-refractivity contribution in [3.8, 4) is 11.3 Å². The molecule has 0 aliphatic rings. The van der Waals surface area contributed by atoms with Gasteiger partial charge in [0, 0.05) is 24.2 Å². The molecule has 3 heterocycles. The monoisotopic (exact) mass is 317 g/mol. The number of hydrogen-bond acceptors (Lipinski definition) is 3. The van der Waals surface area contributed by atoms with Crippen LogP contribution in [0.5, 0.6) is 0 Å². The number of pyridine rings is 1. The summed E-state index contributed by atoms with van der Waals surface area (Å²) in [5.41, 5.74) is 6.64. The average Bonchev–Trinajstić information content (AvgIpc) is 3.21. The number of benzene rings is 1. The predicted octanol–water partition coefficient (Wildman–Crippen LogP) is 3.95. The Kier molecular flexibility index (Phi) is 3.54. The lowest BCUT2D eigenvalue weighted by atomic mass is 10.1. The summed E-state index contributed by atoms with van der Waals surface area (Å²) in [5.74, 6) is 0.757. The molecule has 0 saturated heterocycles. The smallest absolute Gasteiger partial charge is 0.200 e. The number of nitrogens with zero attached hydrogens (tertiary/aromatic N) is 3. The molecular weight excluding hydrogens is 298 g/mol. The van der Waals surface area contributed by atoms with Gasteiger partial charge in [-0.05, 0) is 25.5 Å². The molecule has 0 bridgehead atoms. The van der Waals surface area contributed by atoms with Crippen LogP contribution in [0.2, 0.25) is 0 Å². The van der Waals surface area contributed by atoms with Crippen molar-refractivity contribution >= 4 is 11.6 Å². The second-order valence-corrected chi connectivity index (χ2v) is 6.00. The van der Waals surface area contributed by atoms with Crippen LogP contribution in [0.4, 0.5) is 5.95 Å². The maximum atomic E-state index is 4.85. The number of nitrogens with one attached hydrogen (secondary N) is 2. The standard InChI is InChI=1S/C19H19N5/c1-13-3-6-15(7-4-13)18-16(11-22-19-20-9-10-21-19)24-12-14(2)5-8-17(24)23-18/h3-10,12H,11H2,1-2H3,(H2,20,21,22). The van der Waals surface area contributed by atoms with Crippen LogP contribution in [0.3, 0.4) is 0 Å². The quantitative estimate of drug-likeness (QED) is 0.599. The summed E-state index contributed by atoms with van der Waals surface area (Å²) in [4.78, 5) is 12.2. The predicted molar refractivity (Wildman–Crippen MR) is 96.0 cm³/mol. The highest BCUT2D eigenvalue weighted by Gasteiger charge is 2.14. The van der Waals surface area contributed by atoms with Gasteiger partial charge in [0.05, 0.1) is 17.9 Å². The lowest BCUT2D eigenvalue weighted by Crippen LogP contribution is -2.05. The van der Waals surface area contributed by atoms with E-state index in [0.717, 1.165) is 28.5 Å². The Morgan fingerprint density at radius 3 is 2.58 bits per heavy atom. The average molecular weight is 317 g/mol. The van der Waals surface area contributed by atoms with Crippen molar-refractivity contribution < 1.29 is 0 Å². The van der Waals surface area contributed by atoms with E-state index in [-0.39, 0.29) is 0 Å². The molecule has 3 aromatic heterocycles. The first-order valence-electron chi connectivity index (χ1n) is 7.98. The Hall–Kier alpha value is -3.08. The van der Waals surface area contributed by atoms with Crippen LogP contribution in [0.1, 0.15) is 16.8 Å². The highest BCUT2D eigenvalue weighted by molar-refractivity contribution is 5.67. The van der Waals surface area contributed by atoms with E-state index in [1.807, 2.05) is 6.20 Å². The Balaban J connectivity index is 1.81. The zero-order chi connectivity index (χ0) is 16.5. The molecule has 0 unspecified atom stereocenters. The van der Waals surface area contributed by atoms with Crippen molar-refractivity contribution in [2.24, 2.45) is 0 Å². The lowest BCUT2D eigenvalue weighted by molar-refractivity contribution is 0.982. The van der Waals surface area contributed by atoms with Gasteiger partial charge in [-0.25, -0.2) is 9.97 Å². The molecule has 0 fully saturated rings. The summed E-state index contributed by atoms with van der Waals surface area (Å²) in [6.45, 7) is 4.83.